The molecule has 5 heterocycles. The first kappa shape index (κ1) is 15.8. The predicted octanol–water partition coefficient (Wildman–Crippen LogP) is 1.33. The standard InChI is InChI=1S/C20H28N4O/c1-13-11-17(22-21-13)20(25)24-12-16(14-5-3-2-4-6-14)19-18(24)15-7-9-23(19)10-8-15/h2-6,13,15-19,21-22H,7-12H2,1H3/t13?,16-,17?,18+,19+/m1/s1. The largest absolute Gasteiger partial charge is 0.336 e. The van der Waals surface area contributed by atoms with Crippen LogP contribution in [0.3, 0.4) is 0 Å². The maximum atomic E-state index is 13.3. The van der Waals surface area contributed by atoms with Crippen LogP contribution in [0.25, 0.3) is 0 Å². The van der Waals surface area contributed by atoms with Crippen LogP contribution < -0.4 is 10.9 Å². The van der Waals surface area contributed by atoms with E-state index in [0.717, 1.165) is 13.0 Å². The predicted molar refractivity (Wildman–Crippen MR) is 96.9 cm³/mol. The maximum absolute atomic E-state index is 13.3. The van der Waals surface area contributed by atoms with Crippen molar-refractivity contribution >= 4 is 5.91 Å². The summed E-state index contributed by atoms with van der Waals surface area (Å²) in [6.07, 6.45) is 3.38. The number of fused-ring (bicyclic) bond motifs is 2. The summed E-state index contributed by atoms with van der Waals surface area (Å²) >= 11 is 0. The van der Waals surface area contributed by atoms with Gasteiger partial charge in [0.2, 0.25) is 5.91 Å². The number of benzene rings is 1. The Morgan fingerprint density at radius 3 is 2.52 bits per heavy atom. The zero-order chi connectivity index (χ0) is 17.0. The number of hydrazine groups is 1. The Morgan fingerprint density at radius 2 is 1.84 bits per heavy atom. The molecule has 0 aromatic heterocycles. The minimum atomic E-state index is -0.0689. The van der Waals surface area contributed by atoms with Crippen molar-refractivity contribution < 1.29 is 4.79 Å². The zero-order valence-corrected chi connectivity index (χ0v) is 14.9. The lowest BCUT2D eigenvalue weighted by atomic mass is 9.75. The highest BCUT2D eigenvalue weighted by Gasteiger charge is 2.55. The molecule has 5 heteroatoms. The summed E-state index contributed by atoms with van der Waals surface area (Å²) in [4.78, 5) is 18.2. The van der Waals surface area contributed by atoms with E-state index in [1.54, 1.807) is 0 Å². The zero-order valence-electron chi connectivity index (χ0n) is 14.9. The average Bonchev–Trinajstić information content (AvgIpc) is 3.28. The van der Waals surface area contributed by atoms with Crippen molar-refractivity contribution in [3.8, 4) is 0 Å². The van der Waals surface area contributed by atoms with Gasteiger partial charge in [0.1, 0.15) is 6.04 Å². The molecule has 1 amide bonds. The molecule has 0 aliphatic carbocycles. The second-order valence-electron chi connectivity index (χ2n) is 8.34. The molecule has 5 atom stereocenters. The topological polar surface area (TPSA) is 47.6 Å². The van der Waals surface area contributed by atoms with Crippen molar-refractivity contribution in [3.63, 3.8) is 0 Å². The molecular formula is C20H28N4O. The lowest BCUT2D eigenvalue weighted by molar-refractivity contribution is -0.138. The third-order valence-corrected chi connectivity index (χ3v) is 6.90. The van der Waals surface area contributed by atoms with Crippen LogP contribution in [-0.2, 0) is 4.79 Å². The van der Waals surface area contributed by atoms with Gasteiger partial charge in [0.05, 0.1) is 6.04 Å². The minimum Gasteiger partial charge on any atom is -0.336 e. The number of nitrogens with zero attached hydrogens (tertiary/aromatic N) is 2. The van der Waals surface area contributed by atoms with Gasteiger partial charge in [0, 0.05) is 24.5 Å². The Hall–Kier alpha value is -1.43. The molecule has 0 radical (unpaired) electrons. The van der Waals surface area contributed by atoms with Crippen LogP contribution in [0, 0.1) is 5.92 Å². The number of hydrogen-bond donors (Lipinski definition) is 2. The quantitative estimate of drug-likeness (QED) is 0.853. The molecule has 2 unspecified atom stereocenters. The van der Waals surface area contributed by atoms with Gasteiger partial charge in [-0.25, -0.2) is 5.43 Å². The molecule has 5 saturated heterocycles. The van der Waals surface area contributed by atoms with E-state index in [1.807, 2.05) is 0 Å². The highest BCUT2D eigenvalue weighted by atomic mass is 16.2. The van der Waals surface area contributed by atoms with E-state index in [4.69, 9.17) is 0 Å². The Labute approximate surface area is 149 Å². The summed E-state index contributed by atoms with van der Waals surface area (Å²) in [5, 5.41) is 0. The average molecular weight is 340 g/mol. The Morgan fingerprint density at radius 1 is 1.08 bits per heavy atom. The molecule has 5 nitrogen and oxygen atoms in total. The summed E-state index contributed by atoms with van der Waals surface area (Å²) < 4.78 is 0. The molecule has 6 rings (SSSR count). The number of hydrogen-bond acceptors (Lipinski definition) is 4. The van der Waals surface area contributed by atoms with Crippen LogP contribution >= 0.6 is 0 Å². The first-order valence-corrected chi connectivity index (χ1v) is 9.83. The number of amides is 1. The van der Waals surface area contributed by atoms with E-state index in [0.29, 0.717) is 35.9 Å². The third kappa shape index (κ3) is 2.52. The highest BCUT2D eigenvalue weighted by Crippen LogP contribution is 2.46. The van der Waals surface area contributed by atoms with E-state index in [2.05, 4.69) is 57.9 Å². The summed E-state index contributed by atoms with van der Waals surface area (Å²) in [6.45, 7) is 5.42. The summed E-state index contributed by atoms with van der Waals surface area (Å²) in [5.74, 6) is 1.43. The minimum absolute atomic E-state index is 0.0689. The van der Waals surface area contributed by atoms with Crippen molar-refractivity contribution in [2.24, 2.45) is 5.92 Å². The highest BCUT2D eigenvalue weighted by molar-refractivity contribution is 5.83. The van der Waals surface area contributed by atoms with Crippen LogP contribution in [0.15, 0.2) is 30.3 Å². The van der Waals surface area contributed by atoms with Crippen LogP contribution in [0.5, 0.6) is 0 Å². The van der Waals surface area contributed by atoms with Crippen molar-refractivity contribution in [1.82, 2.24) is 20.7 Å². The number of piperidine rings is 3. The fraction of sp³-hybridized carbons (Fsp3) is 0.650. The van der Waals surface area contributed by atoms with Gasteiger partial charge in [-0.1, -0.05) is 30.3 Å². The molecule has 0 saturated carbocycles. The van der Waals surface area contributed by atoms with Gasteiger partial charge in [-0.05, 0) is 50.8 Å². The van der Waals surface area contributed by atoms with E-state index in [-0.39, 0.29) is 6.04 Å². The molecule has 5 aliphatic rings. The molecule has 25 heavy (non-hydrogen) atoms. The monoisotopic (exact) mass is 340 g/mol. The first-order chi connectivity index (χ1) is 12.2. The summed E-state index contributed by atoms with van der Waals surface area (Å²) in [6, 6.07) is 12.0. The lowest BCUT2D eigenvalue weighted by Crippen LogP contribution is -2.62. The smallest absolute Gasteiger partial charge is 0.241 e. The van der Waals surface area contributed by atoms with Gasteiger partial charge < -0.3 is 4.90 Å². The van der Waals surface area contributed by atoms with E-state index < -0.39 is 0 Å². The number of carbonyl (C=O) groups is 1. The Balaban J connectivity index is 1.47. The van der Waals surface area contributed by atoms with Gasteiger partial charge in [-0.3, -0.25) is 15.1 Å². The Bertz CT molecular complexity index is 642. The molecular weight excluding hydrogens is 312 g/mol. The molecule has 5 fully saturated rings. The maximum Gasteiger partial charge on any atom is 0.241 e. The summed E-state index contributed by atoms with van der Waals surface area (Å²) in [7, 11) is 0. The van der Waals surface area contributed by atoms with Crippen molar-refractivity contribution in [2.75, 3.05) is 19.6 Å². The molecule has 1 aromatic rings. The second kappa shape index (κ2) is 6.08. The van der Waals surface area contributed by atoms with Gasteiger partial charge in [-0.15, -0.1) is 0 Å². The SMILES string of the molecule is CC1CC(C(=O)N2C[C@H](c3ccccc3)[C@H]3[C@@H]2C2CCN3CC2)NN1. The molecule has 0 spiro atoms. The van der Waals surface area contributed by atoms with Gasteiger partial charge in [0.25, 0.3) is 0 Å². The van der Waals surface area contributed by atoms with E-state index in [9.17, 15) is 4.79 Å². The van der Waals surface area contributed by atoms with Crippen LogP contribution in [0.1, 0.15) is 37.7 Å². The molecule has 1 aromatic carbocycles. The summed E-state index contributed by atoms with van der Waals surface area (Å²) in [5.41, 5.74) is 7.83. The van der Waals surface area contributed by atoms with Crippen molar-refractivity contribution in [2.45, 2.75) is 56.3 Å². The Kier molecular flexibility index (Phi) is 3.84. The molecule has 2 N–H and O–H groups in total. The van der Waals surface area contributed by atoms with Crippen LogP contribution in [0.2, 0.25) is 0 Å². The lowest BCUT2D eigenvalue weighted by Gasteiger charge is -2.51. The first-order valence-electron chi connectivity index (χ1n) is 9.83. The molecule has 2 bridgehead atoms. The molecule has 5 aliphatic heterocycles. The van der Waals surface area contributed by atoms with Crippen molar-refractivity contribution in [1.29, 1.82) is 0 Å². The van der Waals surface area contributed by atoms with E-state index in [1.165, 1.54) is 31.5 Å². The van der Waals surface area contributed by atoms with Crippen LogP contribution in [0.4, 0.5) is 0 Å². The fourth-order valence-electron chi connectivity index (χ4n) is 5.74. The van der Waals surface area contributed by atoms with Gasteiger partial charge >= 0.3 is 0 Å². The number of likely N-dealkylation sites (tertiary alicyclic amines) is 1. The van der Waals surface area contributed by atoms with Crippen LogP contribution in [-0.4, -0.2) is 59.5 Å². The van der Waals surface area contributed by atoms with E-state index >= 15 is 0 Å². The number of rotatable bonds is 2. The number of nitrogens with one attached hydrogen (secondary N) is 2. The second-order valence-corrected chi connectivity index (χ2v) is 8.34. The van der Waals surface area contributed by atoms with Gasteiger partial charge in [-0.2, -0.15) is 0 Å². The fourth-order valence-corrected chi connectivity index (χ4v) is 5.74. The third-order valence-electron chi connectivity index (χ3n) is 6.90. The number of carbonyl (C=O) groups excluding carboxylic acids is 1. The normalized spacial score (nSPS) is 42.6. The van der Waals surface area contributed by atoms with Crippen molar-refractivity contribution in [3.05, 3.63) is 35.9 Å². The van der Waals surface area contributed by atoms with Gasteiger partial charge in [0.15, 0.2) is 0 Å². The molecule has 134 valence electrons.